The minimum Gasteiger partial charge on any atom is -0.478 e. The summed E-state index contributed by atoms with van der Waals surface area (Å²) in [5.41, 5.74) is 4.22. The Kier molecular flexibility index (Phi) is 4.81. The Morgan fingerprint density at radius 3 is 2.71 bits per heavy atom. The molecule has 0 amide bonds. The molecule has 5 nitrogen and oxygen atoms in total. The predicted molar refractivity (Wildman–Crippen MR) is 107 cm³/mol. The number of carboxylic acids is 1. The molecular weight excluding hydrogens is 374 g/mol. The standard InChI is InChI=1S/C22H21NO4S/c1-3-23-13(2)18(21(24)25)19(20-16(23)12-27-22(20)26)15-9-10-28-17(15)11-14-7-5-4-6-8-14/h4-10,19H,3,11-12H2,1-2H3,(H,24,25). The van der Waals surface area contributed by atoms with E-state index in [0.29, 0.717) is 24.2 Å². The van der Waals surface area contributed by atoms with E-state index in [1.165, 1.54) is 0 Å². The van der Waals surface area contributed by atoms with Crippen LogP contribution < -0.4 is 0 Å². The first kappa shape index (κ1) is 18.5. The van der Waals surface area contributed by atoms with E-state index in [9.17, 15) is 14.7 Å². The Morgan fingerprint density at radius 2 is 2.04 bits per heavy atom. The number of carbonyl (C=O) groups is 2. The number of rotatable bonds is 5. The lowest BCUT2D eigenvalue weighted by atomic mass is 9.80. The fourth-order valence-corrected chi connectivity index (χ4v) is 5.12. The van der Waals surface area contributed by atoms with Crippen molar-refractivity contribution in [2.24, 2.45) is 0 Å². The molecule has 1 unspecified atom stereocenters. The Hall–Kier alpha value is -2.86. The van der Waals surface area contributed by atoms with Crippen molar-refractivity contribution in [1.82, 2.24) is 4.90 Å². The van der Waals surface area contributed by atoms with Gasteiger partial charge in [0.1, 0.15) is 6.61 Å². The minimum atomic E-state index is -0.996. The summed E-state index contributed by atoms with van der Waals surface area (Å²) in [4.78, 5) is 27.8. The summed E-state index contributed by atoms with van der Waals surface area (Å²) >= 11 is 1.59. The normalized spacial score (nSPS) is 19.1. The van der Waals surface area contributed by atoms with Gasteiger partial charge in [-0.25, -0.2) is 9.59 Å². The van der Waals surface area contributed by atoms with Crippen molar-refractivity contribution in [2.45, 2.75) is 26.2 Å². The highest BCUT2D eigenvalue weighted by Gasteiger charge is 2.44. The van der Waals surface area contributed by atoms with Crippen LogP contribution in [-0.2, 0) is 20.7 Å². The molecule has 1 N–H and O–H groups in total. The monoisotopic (exact) mass is 395 g/mol. The topological polar surface area (TPSA) is 66.8 Å². The molecule has 2 aromatic rings. The van der Waals surface area contributed by atoms with Crippen molar-refractivity contribution in [1.29, 1.82) is 0 Å². The van der Waals surface area contributed by atoms with Crippen LogP contribution in [0.4, 0.5) is 0 Å². The van der Waals surface area contributed by atoms with Crippen LogP contribution in [0, 0.1) is 0 Å². The molecule has 1 atom stereocenters. The van der Waals surface area contributed by atoms with E-state index in [1.807, 2.05) is 48.4 Å². The van der Waals surface area contributed by atoms with Crippen LogP contribution in [0.5, 0.6) is 0 Å². The lowest BCUT2D eigenvalue weighted by molar-refractivity contribution is -0.136. The molecular formula is C22H21NO4S. The van der Waals surface area contributed by atoms with Crippen molar-refractivity contribution in [2.75, 3.05) is 13.2 Å². The van der Waals surface area contributed by atoms with Crippen LogP contribution in [0.15, 0.2) is 64.3 Å². The van der Waals surface area contributed by atoms with Crippen molar-refractivity contribution < 1.29 is 19.4 Å². The molecule has 6 heteroatoms. The van der Waals surface area contributed by atoms with Gasteiger partial charge in [0.25, 0.3) is 0 Å². The van der Waals surface area contributed by atoms with E-state index in [-0.39, 0.29) is 12.2 Å². The van der Waals surface area contributed by atoms with Crippen LogP contribution in [0.2, 0.25) is 0 Å². The number of benzene rings is 1. The van der Waals surface area contributed by atoms with Gasteiger partial charge in [-0.2, -0.15) is 0 Å². The lowest BCUT2D eigenvalue weighted by Crippen LogP contribution is -2.33. The molecule has 0 saturated heterocycles. The van der Waals surface area contributed by atoms with E-state index in [1.54, 1.807) is 11.3 Å². The summed E-state index contributed by atoms with van der Waals surface area (Å²) in [5, 5.41) is 12.0. The first-order chi connectivity index (χ1) is 13.5. The molecule has 3 heterocycles. The summed E-state index contributed by atoms with van der Waals surface area (Å²) < 4.78 is 5.32. The highest BCUT2D eigenvalue weighted by Crippen LogP contribution is 2.46. The first-order valence-corrected chi connectivity index (χ1v) is 10.1. The third kappa shape index (κ3) is 2.94. The molecule has 0 fully saturated rings. The third-order valence-electron chi connectivity index (χ3n) is 5.41. The van der Waals surface area contributed by atoms with Gasteiger partial charge in [0.05, 0.1) is 22.8 Å². The van der Waals surface area contributed by atoms with E-state index in [2.05, 4.69) is 12.1 Å². The number of aliphatic carboxylic acids is 1. The quantitative estimate of drug-likeness (QED) is 0.777. The Balaban J connectivity index is 1.86. The Labute approximate surface area is 167 Å². The van der Waals surface area contributed by atoms with Crippen molar-refractivity contribution >= 4 is 23.3 Å². The number of cyclic esters (lactones) is 1. The van der Waals surface area contributed by atoms with E-state index >= 15 is 0 Å². The molecule has 144 valence electrons. The number of nitrogens with zero attached hydrogens (tertiary/aromatic N) is 1. The average molecular weight is 395 g/mol. The van der Waals surface area contributed by atoms with Crippen molar-refractivity contribution in [3.8, 4) is 0 Å². The number of allylic oxidation sites excluding steroid dienone is 1. The Morgan fingerprint density at radius 1 is 1.29 bits per heavy atom. The van der Waals surface area contributed by atoms with Crippen LogP contribution in [0.1, 0.15) is 35.8 Å². The van der Waals surface area contributed by atoms with Crippen LogP contribution in [0.3, 0.4) is 0 Å². The maximum atomic E-state index is 12.6. The largest absolute Gasteiger partial charge is 0.478 e. The van der Waals surface area contributed by atoms with Gasteiger partial charge < -0.3 is 14.7 Å². The second-order valence-electron chi connectivity index (χ2n) is 6.88. The van der Waals surface area contributed by atoms with Gasteiger partial charge in [0, 0.05) is 23.5 Å². The minimum absolute atomic E-state index is 0.195. The number of ether oxygens (including phenoxy) is 1. The van der Waals surface area contributed by atoms with Gasteiger partial charge >= 0.3 is 11.9 Å². The molecule has 0 spiro atoms. The van der Waals surface area contributed by atoms with Crippen molar-refractivity contribution in [3.63, 3.8) is 0 Å². The van der Waals surface area contributed by atoms with Gasteiger partial charge in [0.2, 0.25) is 0 Å². The second kappa shape index (κ2) is 7.28. The summed E-state index contributed by atoms with van der Waals surface area (Å²) in [6.07, 6.45) is 0.700. The molecule has 4 rings (SSSR count). The summed E-state index contributed by atoms with van der Waals surface area (Å²) in [6.45, 7) is 4.55. The predicted octanol–water partition coefficient (Wildman–Crippen LogP) is 3.93. The zero-order chi connectivity index (χ0) is 19.8. The molecule has 2 aliphatic rings. The molecule has 0 aliphatic carbocycles. The SMILES string of the molecule is CCN1C(C)=C(C(=O)O)C(c2ccsc2Cc2ccccc2)C2=C1COC2=O. The zero-order valence-electron chi connectivity index (χ0n) is 15.8. The highest BCUT2D eigenvalue weighted by molar-refractivity contribution is 7.10. The number of esters is 1. The number of hydrogen-bond donors (Lipinski definition) is 1. The van der Waals surface area contributed by atoms with Gasteiger partial charge in [-0.05, 0) is 36.4 Å². The average Bonchev–Trinajstić information content (AvgIpc) is 3.28. The summed E-state index contributed by atoms with van der Waals surface area (Å²) in [5.74, 6) is -2.01. The van der Waals surface area contributed by atoms with E-state index < -0.39 is 17.9 Å². The van der Waals surface area contributed by atoms with Crippen LogP contribution in [0.25, 0.3) is 0 Å². The number of thiophene rings is 1. The van der Waals surface area contributed by atoms with E-state index in [0.717, 1.165) is 21.7 Å². The number of hydrogen-bond acceptors (Lipinski definition) is 5. The summed E-state index contributed by atoms with van der Waals surface area (Å²) in [7, 11) is 0. The molecule has 0 saturated carbocycles. The fraction of sp³-hybridized carbons (Fsp3) is 0.273. The molecule has 1 aromatic carbocycles. The summed E-state index contributed by atoms with van der Waals surface area (Å²) in [6, 6.07) is 12.0. The highest BCUT2D eigenvalue weighted by atomic mass is 32.1. The molecule has 2 aliphatic heterocycles. The van der Waals surface area contributed by atoms with Gasteiger partial charge in [-0.3, -0.25) is 0 Å². The number of carbonyl (C=O) groups excluding carboxylic acids is 1. The van der Waals surface area contributed by atoms with Crippen molar-refractivity contribution in [3.05, 3.63) is 80.3 Å². The molecule has 1 aromatic heterocycles. The van der Waals surface area contributed by atoms with Crippen LogP contribution >= 0.6 is 11.3 Å². The number of carboxylic acid groups (broad SMARTS) is 1. The van der Waals surface area contributed by atoms with E-state index in [4.69, 9.17) is 4.74 Å². The first-order valence-electron chi connectivity index (χ1n) is 9.24. The molecule has 0 radical (unpaired) electrons. The van der Waals surface area contributed by atoms with Crippen LogP contribution in [-0.4, -0.2) is 35.1 Å². The van der Waals surface area contributed by atoms with Gasteiger partial charge in [-0.1, -0.05) is 30.3 Å². The second-order valence-corrected chi connectivity index (χ2v) is 7.88. The molecule has 0 bridgehead atoms. The molecule has 28 heavy (non-hydrogen) atoms. The van der Waals surface area contributed by atoms with Gasteiger partial charge in [0.15, 0.2) is 0 Å². The lowest BCUT2D eigenvalue weighted by Gasteiger charge is -2.34. The third-order valence-corrected chi connectivity index (χ3v) is 6.35. The fourth-order valence-electron chi connectivity index (χ4n) is 4.17. The maximum Gasteiger partial charge on any atom is 0.337 e. The smallest absolute Gasteiger partial charge is 0.337 e. The number of likely N-dealkylation sites (N-methyl/N-ethyl adjacent to an activating group) is 1. The Bertz CT molecular complexity index is 1000. The zero-order valence-corrected chi connectivity index (χ0v) is 16.6. The van der Waals surface area contributed by atoms with Gasteiger partial charge in [-0.15, -0.1) is 11.3 Å². The maximum absolute atomic E-state index is 12.6.